The second kappa shape index (κ2) is 6.60. The predicted molar refractivity (Wildman–Crippen MR) is 66.8 cm³/mol. The van der Waals surface area contributed by atoms with E-state index in [0.717, 1.165) is 23.5 Å². The van der Waals surface area contributed by atoms with E-state index in [4.69, 9.17) is 4.74 Å². The van der Waals surface area contributed by atoms with Gasteiger partial charge in [0.15, 0.2) is 0 Å². The molecule has 0 spiro atoms. The maximum absolute atomic E-state index is 5.46. The van der Waals surface area contributed by atoms with Crippen molar-refractivity contribution in [3.8, 4) is 5.19 Å². The summed E-state index contributed by atoms with van der Waals surface area (Å²) < 4.78 is 5.46. The van der Waals surface area contributed by atoms with Crippen molar-refractivity contribution in [2.45, 2.75) is 39.8 Å². The van der Waals surface area contributed by atoms with E-state index in [0.29, 0.717) is 17.8 Å². The number of nitrogens with zero attached hydrogens (tertiary/aromatic N) is 2. The Labute approximate surface area is 101 Å². The minimum atomic E-state index is 0.455. The highest BCUT2D eigenvalue weighted by atomic mass is 32.1. The van der Waals surface area contributed by atoms with Crippen LogP contribution in [-0.4, -0.2) is 22.8 Å². The van der Waals surface area contributed by atoms with Gasteiger partial charge < -0.3 is 10.1 Å². The van der Waals surface area contributed by atoms with Gasteiger partial charge in [0.1, 0.15) is 5.01 Å². The summed E-state index contributed by atoms with van der Waals surface area (Å²) in [6.07, 6.45) is 0.860. The highest BCUT2D eigenvalue weighted by molar-refractivity contribution is 7.13. The largest absolute Gasteiger partial charge is 0.469 e. The van der Waals surface area contributed by atoms with E-state index >= 15 is 0 Å². The van der Waals surface area contributed by atoms with Gasteiger partial charge in [-0.1, -0.05) is 30.8 Å². The Morgan fingerprint density at radius 3 is 2.88 bits per heavy atom. The van der Waals surface area contributed by atoms with Gasteiger partial charge >= 0.3 is 0 Å². The van der Waals surface area contributed by atoms with Crippen LogP contribution in [0.5, 0.6) is 5.19 Å². The third-order valence-electron chi connectivity index (χ3n) is 1.86. The lowest BCUT2D eigenvalue weighted by molar-refractivity contribution is 0.317. The molecule has 90 valence electrons. The molecule has 0 radical (unpaired) electrons. The number of aromatic nitrogens is 2. The van der Waals surface area contributed by atoms with Crippen LogP contribution in [0.25, 0.3) is 0 Å². The molecule has 1 N–H and O–H groups in total. The average molecular weight is 241 g/mol. The predicted octanol–water partition coefficient (Wildman–Crippen LogP) is 2.38. The van der Waals surface area contributed by atoms with E-state index in [1.54, 1.807) is 0 Å². The van der Waals surface area contributed by atoms with Gasteiger partial charge in [0.05, 0.1) is 13.2 Å². The summed E-state index contributed by atoms with van der Waals surface area (Å²) in [5, 5.41) is 12.9. The van der Waals surface area contributed by atoms with Crippen molar-refractivity contribution >= 4 is 11.3 Å². The van der Waals surface area contributed by atoms with Gasteiger partial charge in [-0.25, -0.2) is 0 Å². The van der Waals surface area contributed by atoms with Gasteiger partial charge in [0.2, 0.25) is 0 Å². The van der Waals surface area contributed by atoms with Crippen LogP contribution in [0.1, 0.15) is 32.2 Å². The normalized spacial score (nSPS) is 10.8. The number of hydrogen-bond acceptors (Lipinski definition) is 5. The van der Waals surface area contributed by atoms with Crippen molar-refractivity contribution in [3.63, 3.8) is 0 Å². The minimum absolute atomic E-state index is 0.455. The second-order valence-corrected chi connectivity index (χ2v) is 5.08. The monoisotopic (exact) mass is 241 g/mol. The highest BCUT2D eigenvalue weighted by Gasteiger charge is 2.05. The van der Waals surface area contributed by atoms with E-state index in [-0.39, 0.29) is 0 Å². The molecular formula is C11H19N3OS. The van der Waals surface area contributed by atoms with Crippen molar-refractivity contribution in [3.05, 3.63) is 17.2 Å². The molecule has 5 heteroatoms. The van der Waals surface area contributed by atoms with Crippen LogP contribution >= 0.6 is 11.3 Å². The lowest BCUT2D eigenvalue weighted by Gasteiger charge is -2.03. The van der Waals surface area contributed by atoms with Gasteiger partial charge in [-0.2, -0.15) is 0 Å². The minimum Gasteiger partial charge on any atom is -0.469 e. The van der Waals surface area contributed by atoms with Crippen LogP contribution in [0.4, 0.5) is 0 Å². The second-order valence-electron chi connectivity index (χ2n) is 4.05. The van der Waals surface area contributed by atoms with Crippen LogP contribution in [0, 0.1) is 0 Å². The van der Waals surface area contributed by atoms with Crippen LogP contribution in [0.2, 0.25) is 0 Å². The van der Waals surface area contributed by atoms with E-state index in [1.165, 1.54) is 11.3 Å². The molecule has 4 nitrogen and oxygen atoms in total. The quantitative estimate of drug-likeness (QED) is 0.745. The SMILES string of the molecule is C=C(C)CCOc1nnc(CNC(C)C)s1. The maximum atomic E-state index is 5.46. The average Bonchev–Trinajstić information content (AvgIpc) is 2.62. The first-order valence-corrected chi connectivity index (χ1v) is 6.22. The molecule has 0 unspecified atom stereocenters. The lowest BCUT2D eigenvalue weighted by Crippen LogP contribution is -2.21. The van der Waals surface area contributed by atoms with Gasteiger partial charge in [-0.15, -0.1) is 16.8 Å². The van der Waals surface area contributed by atoms with Gasteiger partial charge in [-0.05, 0) is 6.92 Å². The van der Waals surface area contributed by atoms with Crippen molar-refractivity contribution in [1.82, 2.24) is 15.5 Å². The first kappa shape index (κ1) is 13.1. The van der Waals surface area contributed by atoms with Gasteiger partial charge in [-0.3, -0.25) is 0 Å². The van der Waals surface area contributed by atoms with Crippen molar-refractivity contribution < 1.29 is 4.74 Å². The zero-order chi connectivity index (χ0) is 12.0. The Morgan fingerprint density at radius 2 is 2.25 bits per heavy atom. The third kappa shape index (κ3) is 5.23. The molecule has 0 amide bonds. The number of hydrogen-bond donors (Lipinski definition) is 1. The fourth-order valence-corrected chi connectivity index (χ4v) is 1.63. The standard InChI is InChI=1S/C11H19N3OS/c1-8(2)5-6-15-11-14-13-10(16-11)7-12-9(3)4/h9,12H,1,5-7H2,2-4H3. The molecule has 0 aliphatic carbocycles. The summed E-state index contributed by atoms with van der Waals surface area (Å²) >= 11 is 1.49. The Balaban J connectivity index is 2.30. The van der Waals surface area contributed by atoms with Crippen molar-refractivity contribution in [1.29, 1.82) is 0 Å². The Bertz CT molecular complexity index is 336. The molecular weight excluding hydrogens is 222 g/mol. The smallest absolute Gasteiger partial charge is 0.294 e. The van der Waals surface area contributed by atoms with Crippen LogP contribution in [0.15, 0.2) is 12.2 Å². The number of rotatable bonds is 7. The molecule has 0 saturated carbocycles. The van der Waals surface area contributed by atoms with Crippen molar-refractivity contribution in [2.75, 3.05) is 6.61 Å². The number of ether oxygens (including phenoxy) is 1. The summed E-state index contributed by atoms with van der Waals surface area (Å²) in [6.45, 7) is 11.4. The zero-order valence-corrected chi connectivity index (χ0v) is 10.9. The summed E-state index contributed by atoms with van der Waals surface area (Å²) in [4.78, 5) is 0. The summed E-state index contributed by atoms with van der Waals surface area (Å²) in [7, 11) is 0. The van der Waals surface area contributed by atoms with Gasteiger partial charge in [0, 0.05) is 12.5 Å². The van der Waals surface area contributed by atoms with E-state index in [1.807, 2.05) is 6.92 Å². The third-order valence-corrected chi connectivity index (χ3v) is 2.70. The molecule has 0 bridgehead atoms. The molecule has 1 rings (SSSR count). The molecule has 0 atom stereocenters. The maximum Gasteiger partial charge on any atom is 0.294 e. The highest BCUT2D eigenvalue weighted by Crippen LogP contribution is 2.18. The van der Waals surface area contributed by atoms with Crippen LogP contribution in [-0.2, 0) is 6.54 Å². The molecule has 0 aliphatic rings. The summed E-state index contributed by atoms with van der Waals surface area (Å²) in [5.41, 5.74) is 1.12. The lowest BCUT2D eigenvalue weighted by atomic mass is 10.3. The molecule has 1 heterocycles. The van der Waals surface area contributed by atoms with Gasteiger partial charge in [0.25, 0.3) is 5.19 Å². The molecule has 0 aromatic carbocycles. The van der Waals surface area contributed by atoms with E-state index < -0.39 is 0 Å². The Morgan fingerprint density at radius 1 is 1.50 bits per heavy atom. The first-order chi connectivity index (χ1) is 7.58. The summed E-state index contributed by atoms with van der Waals surface area (Å²) in [5.74, 6) is 0. The molecule has 1 aromatic heterocycles. The summed E-state index contributed by atoms with van der Waals surface area (Å²) in [6, 6.07) is 0.455. The molecule has 1 aromatic rings. The van der Waals surface area contributed by atoms with E-state index in [9.17, 15) is 0 Å². The fraction of sp³-hybridized carbons (Fsp3) is 0.636. The molecule has 0 saturated heterocycles. The molecule has 0 fully saturated rings. The Kier molecular flexibility index (Phi) is 5.42. The van der Waals surface area contributed by atoms with E-state index in [2.05, 4.69) is 35.9 Å². The van der Waals surface area contributed by atoms with Crippen LogP contribution < -0.4 is 10.1 Å². The molecule has 16 heavy (non-hydrogen) atoms. The topological polar surface area (TPSA) is 47.0 Å². The number of nitrogens with one attached hydrogen (secondary N) is 1. The zero-order valence-electron chi connectivity index (χ0n) is 10.1. The first-order valence-electron chi connectivity index (χ1n) is 5.41. The van der Waals surface area contributed by atoms with Crippen LogP contribution in [0.3, 0.4) is 0 Å². The Hall–Kier alpha value is -0.940. The molecule has 0 aliphatic heterocycles. The fourth-order valence-electron chi connectivity index (χ4n) is 0.972. The van der Waals surface area contributed by atoms with Crippen molar-refractivity contribution in [2.24, 2.45) is 0 Å².